The van der Waals surface area contributed by atoms with E-state index in [4.69, 9.17) is 4.74 Å². The zero-order chi connectivity index (χ0) is 27.6. The maximum Gasteiger partial charge on any atom is 0.416 e. The fraction of sp³-hybridized carbons (Fsp3) is 0.269. The van der Waals surface area contributed by atoms with E-state index in [-0.39, 0.29) is 23.5 Å². The lowest BCUT2D eigenvalue weighted by Gasteiger charge is -2.34. The summed E-state index contributed by atoms with van der Waals surface area (Å²) in [7, 11) is -3.74. The Hall–Kier alpha value is -3.97. The molecule has 0 radical (unpaired) electrons. The van der Waals surface area contributed by atoms with Gasteiger partial charge in [0.15, 0.2) is 5.82 Å². The summed E-state index contributed by atoms with van der Waals surface area (Å²) in [6.07, 6.45) is 0.0800. The molecule has 1 N–H and O–H groups in total. The van der Waals surface area contributed by atoms with Crippen molar-refractivity contribution in [1.29, 1.82) is 0 Å². The monoisotopic (exact) mass is 558 g/mol. The molecule has 0 atom stereocenters. The quantitative estimate of drug-likeness (QED) is 0.349. The highest BCUT2D eigenvalue weighted by atomic mass is 32.2. The number of piperazine rings is 1. The van der Waals surface area contributed by atoms with Crippen molar-refractivity contribution in [2.75, 3.05) is 43.0 Å². The Morgan fingerprint density at radius 2 is 1.64 bits per heavy atom. The summed E-state index contributed by atoms with van der Waals surface area (Å²) in [5.41, 5.74) is 0.553. The smallest absolute Gasteiger partial charge is 0.416 e. The average molecular weight is 559 g/mol. The first-order valence-corrected chi connectivity index (χ1v) is 13.6. The number of ether oxygens (including phenoxy) is 1. The van der Waals surface area contributed by atoms with Gasteiger partial charge >= 0.3 is 6.18 Å². The van der Waals surface area contributed by atoms with Gasteiger partial charge in [-0.3, -0.25) is 4.98 Å². The Balaban J connectivity index is 1.28. The van der Waals surface area contributed by atoms with Crippen LogP contribution in [-0.2, 0) is 16.2 Å². The molecule has 0 bridgehead atoms. The van der Waals surface area contributed by atoms with Gasteiger partial charge in [-0.25, -0.2) is 18.4 Å². The molecule has 0 unspecified atom stereocenters. The molecule has 5 rings (SSSR count). The van der Waals surface area contributed by atoms with Crippen molar-refractivity contribution in [3.8, 4) is 5.88 Å². The van der Waals surface area contributed by atoms with Gasteiger partial charge in [0.1, 0.15) is 0 Å². The Morgan fingerprint density at radius 1 is 0.923 bits per heavy atom. The molecule has 2 aromatic heterocycles. The number of hydrogen-bond acceptors (Lipinski definition) is 8. The van der Waals surface area contributed by atoms with E-state index >= 15 is 0 Å². The van der Waals surface area contributed by atoms with Gasteiger partial charge in [0.2, 0.25) is 10.0 Å². The summed E-state index contributed by atoms with van der Waals surface area (Å²) in [5.74, 6) is 1.01. The second-order valence-electron chi connectivity index (χ2n) is 8.75. The number of nitrogens with zero attached hydrogens (tertiary/aromatic N) is 5. The maximum absolute atomic E-state index is 13.3. The van der Waals surface area contributed by atoms with Crippen molar-refractivity contribution in [3.63, 3.8) is 0 Å². The van der Waals surface area contributed by atoms with E-state index in [2.05, 4.69) is 20.3 Å². The predicted octanol–water partition coefficient (Wildman–Crippen LogP) is 4.70. The molecule has 13 heteroatoms. The Bertz CT molecular complexity index is 1570. The van der Waals surface area contributed by atoms with Crippen LogP contribution in [0, 0.1) is 0 Å². The summed E-state index contributed by atoms with van der Waals surface area (Å²) in [6.45, 7) is 3.71. The number of fused-ring (bicyclic) bond motifs is 1. The van der Waals surface area contributed by atoms with E-state index in [1.54, 1.807) is 30.6 Å². The highest BCUT2D eigenvalue weighted by Gasteiger charge is 2.31. The minimum absolute atomic E-state index is 0.144. The van der Waals surface area contributed by atoms with Crippen LogP contribution in [-0.4, -0.2) is 60.5 Å². The molecule has 0 amide bonds. The molecule has 1 saturated heterocycles. The van der Waals surface area contributed by atoms with Crippen molar-refractivity contribution in [3.05, 3.63) is 72.7 Å². The van der Waals surface area contributed by atoms with Crippen LogP contribution in [0.15, 0.2) is 72.0 Å². The number of pyridine rings is 1. The molecule has 4 aromatic rings. The molecule has 2 aromatic carbocycles. The van der Waals surface area contributed by atoms with Gasteiger partial charge in [-0.2, -0.15) is 17.5 Å². The molecule has 39 heavy (non-hydrogen) atoms. The van der Waals surface area contributed by atoms with Crippen molar-refractivity contribution < 1.29 is 26.3 Å². The van der Waals surface area contributed by atoms with Crippen LogP contribution in [0.25, 0.3) is 10.9 Å². The summed E-state index contributed by atoms with van der Waals surface area (Å²) >= 11 is 0. The molecule has 0 aliphatic carbocycles. The number of anilines is 3. The highest BCUT2D eigenvalue weighted by molar-refractivity contribution is 7.89. The maximum atomic E-state index is 13.3. The molecule has 0 saturated carbocycles. The van der Waals surface area contributed by atoms with Gasteiger partial charge in [-0.1, -0.05) is 6.07 Å². The van der Waals surface area contributed by atoms with Crippen molar-refractivity contribution >= 4 is 38.1 Å². The fourth-order valence-electron chi connectivity index (χ4n) is 4.36. The van der Waals surface area contributed by atoms with E-state index < -0.39 is 21.8 Å². The van der Waals surface area contributed by atoms with Crippen LogP contribution in [0.1, 0.15) is 12.5 Å². The summed E-state index contributed by atoms with van der Waals surface area (Å²) in [4.78, 5) is 14.7. The van der Waals surface area contributed by atoms with Crippen molar-refractivity contribution in [1.82, 2.24) is 19.3 Å². The zero-order valence-corrected chi connectivity index (χ0v) is 21.7. The normalized spacial score (nSPS) is 14.9. The third kappa shape index (κ3) is 5.59. The van der Waals surface area contributed by atoms with Crippen LogP contribution in [0.3, 0.4) is 0 Å². The number of rotatable bonds is 7. The van der Waals surface area contributed by atoms with Gasteiger partial charge in [0, 0.05) is 61.5 Å². The summed E-state index contributed by atoms with van der Waals surface area (Å²) < 4.78 is 72.8. The first kappa shape index (κ1) is 26.6. The molecule has 1 aliphatic heterocycles. The largest absolute Gasteiger partial charge is 0.475 e. The Morgan fingerprint density at radius 3 is 2.33 bits per heavy atom. The predicted molar refractivity (Wildman–Crippen MR) is 141 cm³/mol. The summed E-state index contributed by atoms with van der Waals surface area (Å²) in [6, 6.07) is 11.3. The molecule has 1 fully saturated rings. The van der Waals surface area contributed by atoms with Gasteiger partial charge in [-0.15, -0.1) is 0 Å². The van der Waals surface area contributed by atoms with Gasteiger partial charge in [-0.05, 0) is 49.4 Å². The average Bonchev–Trinajstić information content (AvgIpc) is 2.93. The molecular weight excluding hydrogens is 533 g/mol. The molecule has 3 heterocycles. The molecule has 9 nitrogen and oxygen atoms in total. The number of sulfonamides is 1. The fourth-order valence-corrected chi connectivity index (χ4v) is 5.78. The Labute approximate surface area is 223 Å². The van der Waals surface area contributed by atoms with Gasteiger partial charge in [0.05, 0.1) is 22.6 Å². The third-order valence-electron chi connectivity index (χ3n) is 6.31. The second kappa shape index (κ2) is 10.7. The lowest BCUT2D eigenvalue weighted by molar-refractivity contribution is -0.137. The lowest BCUT2D eigenvalue weighted by atomic mass is 10.1. The standard InChI is InChI=1S/C26H25F3N6O3S/c1-2-38-25-24(31-11-12-32-25)34-13-15-35(16-14-34)39(36,37)20-6-4-19(5-7-20)33-22-9-10-30-23-17-18(26(27,28)29)3-8-21(22)23/h3-12,17H,2,13-16H2,1H3,(H,30,33). The lowest BCUT2D eigenvalue weighted by Crippen LogP contribution is -2.49. The topological polar surface area (TPSA) is 101 Å². The number of aromatic nitrogens is 3. The van der Waals surface area contributed by atoms with Crippen LogP contribution in [0.5, 0.6) is 5.88 Å². The first-order chi connectivity index (χ1) is 18.7. The van der Waals surface area contributed by atoms with Crippen molar-refractivity contribution in [2.45, 2.75) is 18.0 Å². The molecule has 204 valence electrons. The molecular formula is C26H25F3N6O3S. The minimum Gasteiger partial charge on any atom is -0.475 e. The number of alkyl halides is 3. The number of nitrogens with one attached hydrogen (secondary N) is 1. The second-order valence-corrected chi connectivity index (χ2v) is 10.7. The summed E-state index contributed by atoms with van der Waals surface area (Å²) in [5, 5.41) is 3.65. The SMILES string of the molecule is CCOc1nccnc1N1CCN(S(=O)(=O)c2ccc(Nc3ccnc4cc(C(F)(F)F)ccc34)cc2)CC1. The van der Waals surface area contributed by atoms with Crippen molar-refractivity contribution in [2.24, 2.45) is 0 Å². The van der Waals surface area contributed by atoms with Gasteiger partial charge in [0.25, 0.3) is 5.88 Å². The van der Waals surface area contributed by atoms with E-state index in [0.717, 1.165) is 12.1 Å². The molecule has 1 aliphatic rings. The number of benzene rings is 2. The van der Waals surface area contributed by atoms with Crippen LogP contribution in [0.4, 0.5) is 30.4 Å². The van der Waals surface area contributed by atoms with E-state index in [9.17, 15) is 21.6 Å². The van der Waals surface area contributed by atoms with Crippen LogP contribution in [0.2, 0.25) is 0 Å². The minimum atomic E-state index is -4.46. The van der Waals surface area contributed by atoms with Gasteiger partial charge < -0.3 is 15.0 Å². The van der Waals surface area contributed by atoms with Crippen LogP contribution >= 0.6 is 0 Å². The molecule has 0 spiro atoms. The zero-order valence-electron chi connectivity index (χ0n) is 20.9. The third-order valence-corrected chi connectivity index (χ3v) is 8.22. The number of halogens is 3. The first-order valence-electron chi connectivity index (χ1n) is 12.2. The van der Waals surface area contributed by atoms with E-state index in [0.29, 0.717) is 48.2 Å². The highest BCUT2D eigenvalue weighted by Crippen LogP contribution is 2.33. The van der Waals surface area contributed by atoms with E-state index in [1.807, 2.05) is 11.8 Å². The van der Waals surface area contributed by atoms with E-state index in [1.165, 1.54) is 28.7 Å². The van der Waals surface area contributed by atoms with Crippen LogP contribution < -0.4 is 15.0 Å². The Kier molecular flexibility index (Phi) is 7.28. The number of hydrogen-bond donors (Lipinski definition) is 1.